The van der Waals surface area contributed by atoms with Crippen LogP contribution in [-0.4, -0.2) is 27.4 Å². The standard InChI is InChI=1S/C27H39N3O4/c1-3-4-5-6-9-13-20-24(21-14-10-7-8-11-17-22-25(31)34-2)30-27(33)29(26(32)28-30)23-18-15-12-16-19-23/h9,12-16,18-19,21,24H,3-8,10-11,17,20,22H2,1-2H3,(H,28,32)/b13-9-,21-14+. The number of hydrogen-bond donors (Lipinski definition) is 1. The van der Waals surface area contributed by atoms with Crippen LogP contribution < -0.4 is 11.4 Å². The largest absolute Gasteiger partial charge is 0.469 e. The molecule has 0 aliphatic rings. The number of para-hydroxylation sites is 1. The highest BCUT2D eigenvalue weighted by Crippen LogP contribution is 2.14. The number of ether oxygens (including phenoxy) is 1. The van der Waals surface area contributed by atoms with E-state index in [1.807, 2.05) is 12.1 Å². The van der Waals surface area contributed by atoms with Crippen molar-refractivity contribution < 1.29 is 9.53 Å². The monoisotopic (exact) mass is 469 g/mol. The first-order valence-corrected chi connectivity index (χ1v) is 12.5. The Morgan fingerprint density at radius 3 is 2.41 bits per heavy atom. The Morgan fingerprint density at radius 2 is 1.68 bits per heavy atom. The lowest BCUT2D eigenvalue weighted by Gasteiger charge is -2.11. The molecule has 0 fully saturated rings. The van der Waals surface area contributed by atoms with Crippen molar-refractivity contribution in [3.8, 4) is 5.69 Å². The summed E-state index contributed by atoms with van der Waals surface area (Å²) in [5, 5.41) is 2.74. The Bertz CT molecular complexity index is 1010. The quantitative estimate of drug-likeness (QED) is 0.201. The summed E-state index contributed by atoms with van der Waals surface area (Å²) in [5.41, 5.74) is -0.252. The molecule has 0 aliphatic carbocycles. The molecule has 7 heteroatoms. The molecule has 2 rings (SSSR count). The summed E-state index contributed by atoms with van der Waals surface area (Å²) >= 11 is 0. The first-order valence-electron chi connectivity index (χ1n) is 12.5. The van der Waals surface area contributed by atoms with Gasteiger partial charge in [0, 0.05) is 6.42 Å². The van der Waals surface area contributed by atoms with Crippen LogP contribution in [0.2, 0.25) is 0 Å². The summed E-state index contributed by atoms with van der Waals surface area (Å²) in [6, 6.07) is 8.70. The number of allylic oxidation sites excluding steroid dienone is 4. The minimum Gasteiger partial charge on any atom is -0.469 e. The Labute approximate surface area is 202 Å². The molecule has 0 saturated carbocycles. The Kier molecular flexibility index (Phi) is 12.5. The second kappa shape index (κ2) is 15.7. The number of hydrogen-bond acceptors (Lipinski definition) is 4. The number of carbonyl (C=O) groups excluding carboxylic acids is 1. The van der Waals surface area contributed by atoms with Crippen LogP contribution in [0.25, 0.3) is 5.69 Å². The minimum absolute atomic E-state index is 0.160. The number of aromatic amines is 1. The van der Waals surface area contributed by atoms with Gasteiger partial charge in [-0.25, -0.2) is 23.9 Å². The molecule has 34 heavy (non-hydrogen) atoms. The molecule has 0 saturated heterocycles. The van der Waals surface area contributed by atoms with E-state index in [-0.39, 0.29) is 17.7 Å². The average molecular weight is 470 g/mol. The van der Waals surface area contributed by atoms with Crippen LogP contribution >= 0.6 is 0 Å². The normalized spacial score (nSPS) is 12.5. The molecular formula is C27H39N3O4. The van der Waals surface area contributed by atoms with E-state index in [4.69, 9.17) is 0 Å². The summed E-state index contributed by atoms with van der Waals surface area (Å²) in [5.74, 6) is -0.160. The molecule has 0 aliphatic heterocycles. The molecule has 1 aromatic carbocycles. The maximum atomic E-state index is 13.1. The topological polar surface area (TPSA) is 86.1 Å². The SMILES string of the molecule is CCCCC/C=C\CC(/C=C/CCCCCCC(=O)OC)n1[nH]c(=O)n(-c2ccccc2)c1=O. The average Bonchev–Trinajstić information content (AvgIpc) is 3.15. The lowest BCUT2D eigenvalue weighted by Crippen LogP contribution is -2.28. The van der Waals surface area contributed by atoms with Crippen LogP contribution in [0.1, 0.15) is 83.6 Å². The molecule has 0 radical (unpaired) electrons. The van der Waals surface area contributed by atoms with E-state index in [2.05, 4.69) is 35.0 Å². The predicted molar refractivity (Wildman–Crippen MR) is 136 cm³/mol. The number of aromatic nitrogens is 3. The zero-order valence-corrected chi connectivity index (χ0v) is 20.6. The van der Waals surface area contributed by atoms with Gasteiger partial charge in [0.25, 0.3) is 0 Å². The van der Waals surface area contributed by atoms with Crippen LogP contribution in [0, 0.1) is 0 Å². The second-order valence-electron chi connectivity index (χ2n) is 8.47. The fourth-order valence-corrected chi connectivity index (χ4v) is 3.80. The third-order valence-electron chi connectivity index (χ3n) is 5.77. The van der Waals surface area contributed by atoms with Crippen molar-refractivity contribution in [3.63, 3.8) is 0 Å². The number of nitrogens with one attached hydrogen (secondary N) is 1. The molecule has 2 aromatic rings. The van der Waals surface area contributed by atoms with Crippen molar-refractivity contribution in [3.05, 3.63) is 75.6 Å². The maximum absolute atomic E-state index is 13.1. The van der Waals surface area contributed by atoms with Crippen LogP contribution in [0.5, 0.6) is 0 Å². The fourth-order valence-electron chi connectivity index (χ4n) is 3.80. The third-order valence-corrected chi connectivity index (χ3v) is 5.77. The van der Waals surface area contributed by atoms with Gasteiger partial charge in [-0.15, -0.1) is 0 Å². The van der Waals surface area contributed by atoms with E-state index in [0.717, 1.165) is 44.9 Å². The predicted octanol–water partition coefficient (Wildman–Crippen LogP) is 5.46. The van der Waals surface area contributed by atoms with E-state index in [0.29, 0.717) is 18.5 Å². The van der Waals surface area contributed by atoms with Gasteiger partial charge < -0.3 is 4.74 Å². The molecule has 1 unspecified atom stereocenters. The van der Waals surface area contributed by atoms with Gasteiger partial charge in [0.2, 0.25) is 0 Å². The first-order chi connectivity index (χ1) is 16.6. The highest BCUT2D eigenvalue weighted by atomic mass is 16.5. The number of unbranched alkanes of at least 4 members (excludes halogenated alkanes) is 7. The second-order valence-corrected chi connectivity index (χ2v) is 8.47. The van der Waals surface area contributed by atoms with Crippen molar-refractivity contribution in [2.45, 2.75) is 83.6 Å². The molecule has 1 atom stereocenters. The van der Waals surface area contributed by atoms with Crippen LogP contribution in [0.4, 0.5) is 0 Å². The highest BCUT2D eigenvalue weighted by molar-refractivity contribution is 5.68. The fraction of sp³-hybridized carbons (Fsp3) is 0.519. The van der Waals surface area contributed by atoms with E-state index < -0.39 is 5.69 Å². The van der Waals surface area contributed by atoms with E-state index >= 15 is 0 Å². The van der Waals surface area contributed by atoms with Gasteiger partial charge in [-0.3, -0.25) is 4.79 Å². The number of benzene rings is 1. The number of nitrogens with zero attached hydrogens (tertiary/aromatic N) is 2. The van der Waals surface area contributed by atoms with Gasteiger partial charge in [0.15, 0.2) is 0 Å². The molecule has 0 bridgehead atoms. The van der Waals surface area contributed by atoms with E-state index in [1.54, 1.807) is 24.3 Å². The van der Waals surface area contributed by atoms with Crippen LogP contribution in [0.3, 0.4) is 0 Å². The molecule has 1 N–H and O–H groups in total. The Morgan fingerprint density at radius 1 is 0.971 bits per heavy atom. The lowest BCUT2D eigenvalue weighted by atomic mass is 10.1. The maximum Gasteiger partial charge on any atom is 0.352 e. The van der Waals surface area contributed by atoms with Crippen molar-refractivity contribution >= 4 is 5.97 Å². The molecule has 7 nitrogen and oxygen atoms in total. The summed E-state index contributed by atoms with van der Waals surface area (Å²) in [7, 11) is 1.41. The van der Waals surface area contributed by atoms with Gasteiger partial charge in [-0.2, -0.15) is 0 Å². The Balaban J connectivity index is 2.04. The van der Waals surface area contributed by atoms with Gasteiger partial charge >= 0.3 is 17.3 Å². The number of esters is 1. The van der Waals surface area contributed by atoms with E-state index in [1.165, 1.54) is 29.2 Å². The van der Waals surface area contributed by atoms with Gasteiger partial charge in [-0.1, -0.05) is 75.1 Å². The molecule has 1 aromatic heterocycles. The van der Waals surface area contributed by atoms with Crippen molar-refractivity contribution in [1.82, 2.24) is 14.3 Å². The highest BCUT2D eigenvalue weighted by Gasteiger charge is 2.16. The van der Waals surface area contributed by atoms with Gasteiger partial charge in [0.05, 0.1) is 18.8 Å². The summed E-state index contributed by atoms with van der Waals surface area (Å²) in [6.45, 7) is 2.18. The smallest absolute Gasteiger partial charge is 0.352 e. The van der Waals surface area contributed by atoms with E-state index in [9.17, 15) is 14.4 Å². The van der Waals surface area contributed by atoms with Crippen LogP contribution in [-0.2, 0) is 9.53 Å². The number of methoxy groups -OCH3 is 1. The first kappa shape index (κ1) is 27.2. The number of H-pyrrole nitrogens is 1. The lowest BCUT2D eigenvalue weighted by molar-refractivity contribution is -0.140. The molecule has 1 heterocycles. The molecular weight excluding hydrogens is 430 g/mol. The van der Waals surface area contributed by atoms with Crippen molar-refractivity contribution in [2.75, 3.05) is 7.11 Å². The molecule has 0 spiro atoms. The third kappa shape index (κ3) is 9.04. The van der Waals surface area contributed by atoms with Crippen LogP contribution in [0.15, 0.2) is 64.2 Å². The summed E-state index contributed by atoms with van der Waals surface area (Å²) < 4.78 is 7.26. The number of rotatable bonds is 16. The van der Waals surface area contributed by atoms with Gasteiger partial charge in [0.1, 0.15) is 0 Å². The Hall–Kier alpha value is -3.09. The number of carbonyl (C=O) groups is 1. The van der Waals surface area contributed by atoms with Gasteiger partial charge in [-0.05, 0) is 50.7 Å². The van der Waals surface area contributed by atoms with Crippen molar-refractivity contribution in [2.24, 2.45) is 0 Å². The zero-order valence-electron chi connectivity index (χ0n) is 20.6. The van der Waals surface area contributed by atoms with Crippen molar-refractivity contribution in [1.29, 1.82) is 0 Å². The molecule has 186 valence electrons. The summed E-state index contributed by atoms with van der Waals surface area (Å²) in [6.07, 6.45) is 18.8. The zero-order chi connectivity index (χ0) is 24.6. The minimum atomic E-state index is -0.438. The molecule has 0 amide bonds. The summed E-state index contributed by atoms with van der Waals surface area (Å²) in [4.78, 5) is 36.8.